The fraction of sp³-hybridized carbons (Fsp3) is 0.500. The highest BCUT2D eigenvalue weighted by molar-refractivity contribution is 7.54. The number of esters is 1. The zero-order chi connectivity index (χ0) is 29.1. The molecule has 1 unspecified atom stereocenters. The molecule has 0 spiro atoms. The normalized spacial score (nSPS) is 24.9. The van der Waals surface area contributed by atoms with E-state index in [4.69, 9.17) is 27.8 Å². The van der Waals surface area contributed by atoms with E-state index >= 15 is 0 Å². The zero-order valence-electron chi connectivity index (χ0n) is 22.7. The van der Waals surface area contributed by atoms with Gasteiger partial charge in [0.2, 0.25) is 6.23 Å². The monoisotopic (exact) mass is 537 g/mol. The second-order valence-corrected chi connectivity index (χ2v) is 10.8. The molecular formula is C24H30N3O9P. The van der Waals surface area contributed by atoms with Gasteiger partial charge in [-0.05, 0) is 32.9 Å². The lowest BCUT2D eigenvalue weighted by atomic mass is 10.1. The van der Waals surface area contributed by atoms with Gasteiger partial charge in [0.1, 0.15) is 11.9 Å². The summed E-state index contributed by atoms with van der Waals surface area (Å²) in [5.41, 5.74) is -1.48. The molecule has 1 aliphatic heterocycles. The maximum atomic E-state index is 13.9. The van der Waals surface area contributed by atoms with Crippen LogP contribution in [0.1, 0.15) is 35.3 Å². The van der Waals surface area contributed by atoms with Crippen LogP contribution < -0.4 is 15.8 Å². The number of nitrogens with zero attached hydrogens (tertiary/aromatic N) is 2. The van der Waals surface area contributed by atoms with Crippen LogP contribution in [0.5, 0.6) is 5.75 Å². The van der Waals surface area contributed by atoms with E-state index in [1.165, 1.54) is 26.0 Å². The molecule has 1 aromatic heterocycles. The van der Waals surface area contributed by atoms with E-state index in [1.54, 1.807) is 32.0 Å². The Labute approximate surface area is 216 Å². The Morgan fingerprint density at radius 3 is 2.62 bits per heavy atom. The van der Waals surface area contributed by atoms with E-state index in [1.807, 2.05) is 0 Å². The number of aliphatic hydroxyl groups excluding tert-OH is 1. The first-order valence-corrected chi connectivity index (χ1v) is 13.2. The number of aliphatic hydroxyl groups is 1. The van der Waals surface area contributed by atoms with Crippen LogP contribution in [0.25, 0.3) is 4.85 Å². The predicted molar refractivity (Wildman–Crippen MR) is 132 cm³/mol. The number of aromatic amines is 1. The summed E-state index contributed by atoms with van der Waals surface area (Å²) >= 11 is 0. The highest BCUT2D eigenvalue weighted by atomic mass is 31.2. The summed E-state index contributed by atoms with van der Waals surface area (Å²) in [6.45, 7) is 10.6. The van der Waals surface area contributed by atoms with Crippen molar-refractivity contribution in [3.8, 4) is 5.75 Å². The summed E-state index contributed by atoms with van der Waals surface area (Å²) in [5, 5.41) is 10.8. The molecule has 0 aliphatic carbocycles. The number of hydrogen-bond acceptors (Lipinski definition) is 9. The van der Waals surface area contributed by atoms with Gasteiger partial charge in [0.05, 0.1) is 27.5 Å². The fourth-order valence-electron chi connectivity index (χ4n) is 3.53. The van der Waals surface area contributed by atoms with E-state index in [-0.39, 0.29) is 11.3 Å². The van der Waals surface area contributed by atoms with Crippen LogP contribution in [0.2, 0.25) is 0 Å². The lowest BCUT2D eigenvalue weighted by molar-refractivity contribution is -0.151. The Balaban J connectivity index is 1.94. The molecule has 2 N–H and O–H groups in total. The maximum absolute atomic E-state index is 13.9. The minimum Gasteiger partial charge on any atom is -0.463 e. The van der Waals surface area contributed by atoms with Crippen molar-refractivity contribution < 1.29 is 35.7 Å². The second-order valence-electron chi connectivity index (χ2n) is 8.83. The van der Waals surface area contributed by atoms with Crippen LogP contribution in [-0.2, 0) is 23.4 Å². The van der Waals surface area contributed by atoms with Crippen molar-refractivity contribution in [2.75, 3.05) is 12.7 Å². The molecule has 2 aromatic rings. The average molecular weight is 538 g/mol. The Hall–Kier alpha value is -3.23. The Kier molecular flexibility index (Phi) is 8.16. The lowest BCUT2D eigenvalue weighted by Crippen LogP contribution is -2.37. The van der Waals surface area contributed by atoms with E-state index in [0.29, 0.717) is 0 Å². The van der Waals surface area contributed by atoms with Gasteiger partial charge in [0, 0.05) is 11.8 Å². The third kappa shape index (κ3) is 6.96. The number of aryl methyl sites for hydroxylation is 1. The third-order valence-corrected chi connectivity index (χ3v) is 7.22. The quantitative estimate of drug-likeness (QED) is 0.264. The van der Waals surface area contributed by atoms with Gasteiger partial charge in [-0.1, -0.05) is 25.1 Å². The Bertz CT molecular complexity index is 1390. The third-order valence-electron chi connectivity index (χ3n) is 5.35. The number of para-hydroxylation sites is 1. The van der Waals surface area contributed by atoms with E-state index < -0.39 is 74.0 Å². The van der Waals surface area contributed by atoms with Crippen molar-refractivity contribution in [3.05, 3.63) is 74.3 Å². The first-order chi connectivity index (χ1) is 18.2. The number of H-pyrrole nitrogens is 1. The number of ether oxygens (including phenoxy) is 2. The summed E-state index contributed by atoms with van der Waals surface area (Å²) in [5.74, 6) is -1.66. The number of carbonyl (C=O) groups excluding carboxylic acids is 1. The summed E-state index contributed by atoms with van der Waals surface area (Å²) in [6.07, 6.45) is -5.16. The molecule has 6 atom stereocenters. The van der Waals surface area contributed by atoms with Gasteiger partial charge in [0.25, 0.3) is 11.6 Å². The van der Waals surface area contributed by atoms with Gasteiger partial charge in [-0.2, -0.15) is 0 Å². The second kappa shape index (κ2) is 11.9. The number of benzene rings is 1. The number of aromatic nitrogens is 2. The van der Waals surface area contributed by atoms with Crippen molar-refractivity contribution >= 4 is 13.6 Å². The average Bonchev–Trinajstić information content (AvgIpc) is 3.17. The first kappa shape index (κ1) is 25.4. The molecule has 3 rings (SSSR count). The van der Waals surface area contributed by atoms with Gasteiger partial charge in [0.15, 0.2) is 6.10 Å². The van der Waals surface area contributed by atoms with Gasteiger partial charge >= 0.3 is 19.3 Å². The fourth-order valence-corrected chi connectivity index (χ4v) is 5.24. The number of rotatable bonds is 10. The Morgan fingerprint density at radius 1 is 1.32 bits per heavy atom. The molecule has 0 saturated carbocycles. The van der Waals surface area contributed by atoms with E-state index in [9.17, 15) is 24.1 Å². The van der Waals surface area contributed by atoms with E-state index in [2.05, 4.69) is 9.83 Å². The molecular weight excluding hydrogens is 505 g/mol. The van der Waals surface area contributed by atoms with Crippen LogP contribution in [-0.4, -0.2) is 57.7 Å². The van der Waals surface area contributed by atoms with Gasteiger partial charge in [-0.15, -0.1) is 0 Å². The number of carbonyl (C=O) groups is 1. The standard InChI is InChI=1S/C24H30N3O9P/c1-14(2)34-23(30)16(4)13-37(32,36-17-9-7-6-8-10-17)33-12-18-20(28)19(25-5)22(35-18)27-11-15(3)21(29)26-24(27)31/h6-11,14,16,18-20,22,28H,12-13H2,1-4H3,(H,26,29,31)/t16-,18+,19-,20?,22+,37-/m1/s1/i12D2. The zero-order valence-corrected chi connectivity index (χ0v) is 21.6. The summed E-state index contributed by atoms with van der Waals surface area (Å²) in [7, 11) is -4.50. The number of nitrogens with one attached hydrogen (secondary N) is 1. The van der Waals surface area contributed by atoms with E-state index in [0.717, 1.165) is 10.8 Å². The lowest BCUT2D eigenvalue weighted by Gasteiger charge is -2.24. The van der Waals surface area contributed by atoms with Crippen LogP contribution in [0, 0.1) is 19.4 Å². The van der Waals surface area contributed by atoms with Crippen LogP contribution >= 0.6 is 7.60 Å². The molecule has 12 nitrogen and oxygen atoms in total. The minimum atomic E-state index is -4.50. The minimum absolute atomic E-state index is 0.0705. The highest BCUT2D eigenvalue weighted by Crippen LogP contribution is 2.50. The molecule has 1 fully saturated rings. The molecule has 200 valence electrons. The van der Waals surface area contributed by atoms with Crippen molar-refractivity contribution in [3.63, 3.8) is 0 Å². The van der Waals surface area contributed by atoms with Crippen molar-refractivity contribution in [2.24, 2.45) is 5.92 Å². The summed E-state index contributed by atoms with van der Waals surface area (Å²) in [4.78, 5) is 41.9. The maximum Gasteiger partial charge on any atom is 0.380 e. The largest absolute Gasteiger partial charge is 0.463 e. The topological polar surface area (TPSA) is 151 Å². The smallest absolute Gasteiger partial charge is 0.380 e. The van der Waals surface area contributed by atoms with Crippen molar-refractivity contribution in [1.82, 2.24) is 9.55 Å². The predicted octanol–water partition coefficient (Wildman–Crippen LogP) is 2.27. The molecule has 0 amide bonds. The molecule has 13 heteroatoms. The summed E-state index contributed by atoms with van der Waals surface area (Å²) in [6, 6.07) is 6.28. The van der Waals surface area contributed by atoms with Crippen molar-refractivity contribution in [2.45, 2.75) is 58.3 Å². The molecule has 37 heavy (non-hydrogen) atoms. The highest BCUT2D eigenvalue weighted by Gasteiger charge is 2.51. The van der Waals surface area contributed by atoms with Gasteiger partial charge < -0.3 is 23.9 Å². The van der Waals surface area contributed by atoms with Crippen LogP contribution in [0.3, 0.4) is 0 Å². The SMILES string of the molecule is [2H]C([2H])(O[P@](=O)(C[C@@H](C)C(=O)OC(C)C)Oc1ccccc1)[C@@H]1O[C@H](n2cc(C)c(=O)[nH]c2=O)[C@H]([N+]#[C-])C1O. The molecule has 0 radical (unpaired) electrons. The van der Waals surface area contributed by atoms with Crippen LogP contribution in [0.15, 0.2) is 46.1 Å². The molecule has 2 heterocycles. The molecule has 1 saturated heterocycles. The van der Waals surface area contributed by atoms with Gasteiger partial charge in [-0.25, -0.2) is 15.9 Å². The first-order valence-electron chi connectivity index (χ1n) is 12.4. The molecule has 0 bridgehead atoms. The number of hydrogen-bond donors (Lipinski definition) is 2. The molecule has 1 aliphatic rings. The van der Waals surface area contributed by atoms with Gasteiger partial charge in [-0.3, -0.25) is 23.7 Å². The van der Waals surface area contributed by atoms with Crippen molar-refractivity contribution in [1.29, 1.82) is 0 Å². The summed E-state index contributed by atoms with van der Waals surface area (Å²) < 4.78 is 53.6. The van der Waals surface area contributed by atoms with Crippen LogP contribution in [0.4, 0.5) is 0 Å². The molecule has 1 aromatic carbocycles. The Morgan fingerprint density at radius 2 is 2.00 bits per heavy atom.